The van der Waals surface area contributed by atoms with E-state index in [0.717, 1.165) is 12.8 Å². The summed E-state index contributed by atoms with van der Waals surface area (Å²) in [4.78, 5) is 24.4. The highest BCUT2D eigenvalue weighted by atomic mass is 16.5. The Balaban J connectivity index is 2.30. The molecule has 1 aliphatic rings. The second-order valence-electron chi connectivity index (χ2n) is 4.37. The molecule has 2 N–H and O–H groups in total. The highest BCUT2D eigenvalue weighted by Crippen LogP contribution is 2.16. The number of ether oxygens (including phenoxy) is 1. The smallest absolute Gasteiger partial charge is 0.320 e. The summed E-state index contributed by atoms with van der Waals surface area (Å²) in [6, 6.07) is -0.517. The van der Waals surface area contributed by atoms with E-state index >= 15 is 0 Å². The summed E-state index contributed by atoms with van der Waals surface area (Å²) >= 11 is 0. The van der Waals surface area contributed by atoms with Crippen LogP contribution < -0.4 is 5.32 Å². The lowest BCUT2D eigenvalue weighted by Gasteiger charge is -2.32. The van der Waals surface area contributed by atoms with Crippen molar-refractivity contribution < 1.29 is 19.4 Å². The van der Waals surface area contributed by atoms with Crippen LogP contribution >= 0.6 is 0 Å². The molecule has 1 heterocycles. The number of amides is 1. The van der Waals surface area contributed by atoms with Gasteiger partial charge >= 0.3 is 5.97 Å². The van der Waals surface area contributed by atoms with Crippen LogP contribution in [0, 0.1) is 0 Å². The molecule has 1 fully saturated rings. The zero-order valence-electron chi connectivity index (χ0n) is 10.9. The molecule has 0 aromatic rings. The number of hydrogen-bond acceptors (Lipinski definition) is 4. The van der Waals surface area contributed by atoms with E-state index in [1.54, 1.807) is 4.90 Å². The quantitative estimate of drug-likeness (QED) is 0.632. The molecule has 0 radical (unpaired) electrons. The molecular weight excluding hydrogens is 236 g/mol. The lowest BCUT2D eigenvalue weighted by Crippen LogP contribution is -2.49. The van der Waals surface area contributed by atoms with Crippen LogP contribution in [0.2, 0.25) is 0 Å². The second kappa shape index (κ2) is 8.05. The molecule has 0 aromatic carbocycles. The average molecular weight is 258 g/mol. The third-order valence-corrected chi connectivity index (χ3v) is 3.02. The molecule has 0 bridgehead atoms. The molecule has 18 heavy (non-hydrogen) atoms. The Morgan fingerprint density at radius 1 is 1.44 bits per heavy atom. The van der Waals surface area contributed by atoms with Crippen LogP contribution in [0.25, 0.3) is 0 Å². The van der Waals surface area contributed by atoms with Gasteiger partial charge in [0, 0.05) is 13.2 Å². The first-order chi connectivity index (χ1) is 8.65. The monoisotopic (exact) mass is 258 g/mol. The molecule has 0 aromatic heterocycles. The summed E-state index contributed by atoms with van der Waals surface area (Å²) in [5, 5.41) is 11.8. The fraction of sp³-hybridized carbons (Fsp3) is 0.833. The van der Waals surface area contributed by atoms with Gasteiger partial charge < -0.3 is 15.2 Å². The highest BCUT2D eigenvalue weighted by Gasteiger charge is 2.29. The summed E-state index contributed by atoms with van der Waals surface area (Å²) < 4.78 is 5.11. The van der Waals surface area contributed by atoms with E-state index in [4.69, 9.17) is 9.84 Å². The Morgan fingerprint density at radius 2 is 2.22 bits per heavy atom. The number of carbonyl (C=O) groups is 2. The van der Waals surface area contributed by atoms with Crippen LogP contribution in [0.15, 0.2) is 0 Å². The van der Waals surface area contributed by atoms with Crippen molar-refractivity contribution >= 4 is 11.9 Å². The number of rotatable bonds is 7. The van der Waals surface area contributed by atoms with E-state index in [1.165, 1.54) is 0 Å². The maximum absolute atomic E-state index is 11.6. The number of piperidine rings is 1. The first-order valence-corrected chi connectivity index (χ1v) is 6.46. The second-order valence-corrected chi connectivity index (χ2v) is 4.37. The number of carbonyl (C=O) groups excluding carboxylic acids is 1. The maximum atomic E-state index is 11.6. The number of nitrogens with one attached hydrogen (secondary N) is 1. The molecule has 104 valence electrons. The van der Waals surface area contributed by atoms with Gasteiger partial charge in [-0.1, -0.05) is 6.42 Å². The molecule has 1 rings (SSSR count). The first-order valence-electron chi connectivity index (χ1n) is 6.46. The van der Waals surface area contributed by atoms with Gasteiger partial charge in [-0.3, -0.25) is 14.5 Å². The molecule has 1 unspecified atom stereocenters. The molecule has 6 nitrogen and oxygen atoms in total. The zero-order chi connectivity index (χ0) is 13.4. The fourth-order valence-electron chi connectivity index (χ4n) is 2.11. The lowest BCUT2D eigenvalue weighted by atomic mass is 10.0. The topological polar surface area (TPSA) is 78.9 Å². The Labute approximate surface area is 107 Å². The summed E-state index contributed by atoms with van der Waals surface area (Å²) in [7, 11) is 0. The SMILES string of the molecule is CCOCCNC(=O)CN1CCCCC1C(=O)O. The minimum absolute atomic E-state index is 0.136. The van der Waals surface area contributed by atoms with Gasteiger partial charge in [0.05, 0.1) is 13.2 Å². The van der Waals surface area contributed by atoms with Crippen molar-refractivity contribution in [2.45, 2.75) is 32.2 Å². The van der Waals surface area contributed by atoms with Gasteiger partial charge in [-0.05, 0) is 26.3 Å². The van der Waals surface area contributed by atoms with Gasteiger partial charge in [0.1, 0.15) is 6.04 Å². The molecule has 0 saturated carbocycles. The van der Waals surface area contributed by atoms with E-state index in [9.17, 15) is 9.59 Å². The number of hydrogen-bond donors (Lipinski definition) is 2. The van der Waals surface area contributed by atoms with E-state index in [-0.39, 0.29) is 12.5 Å². The number of carboxylic acid groups (broad SMARTS) is 1. The minimum atomic E-state index is -0.836. The van der Waals surface area contributed by atoms with Crippen molar-refractivity contribution in [2.75, 3.05) is 32.8 Å². The van der Waals surface area contributed by atoms with Crippen molar-refractivity contribution in [2.24, 2.45) is 0 Å². The Hall–Kier alpha value is -1.14. The van der Waals surface area contributed by atoms with Crippen molar-refractivity contribution in [3.63, 3.8) is 0 Å². The molecule has 6 heteroatoms. The van der Waals surface area contributed by atoms with Gasteiger partial charge in [0.25, 0.3) is 0 Å². The van der Waals surface area contributed by atoms with E-state index in [0.29, 0.717) is 32.7 Å². The molecule has 0 aliphatic carbocycles. The van der Waals surface area contributed by atoms with Crippen molar-refractivity contribution in [3.05, 3.63) is 0 Å². The van der Waals surface area contributed by atoms with Crippen molar-refractivity contribution in [1.29, 1.82) is 0 Å². The molecule has 1 amide bonds. The summed E-state index contributed by atoms with van der Waals surface area (Å²) in [5.41, 5.74) is 0. The van der Waals surface area contributed by atoms with E-state index in [1.807, 2.05) is 6.92 Å². The molecular formula is C12H22N2O4. The van der Waals surface area contributed by atoms with E-state index < -0.39 is 12.0 Å². The predicted molar refractivity (Wildman–Crippen MR) is 66.4 cm³/mol. The third-order valence-electron chi connectivity index (χ3n) is 3.02. The van der Waals surface area contributed by atoms with Gasteiger partial charge in [-0.15, -0.1) is 0 Å². The van der Waals surface area contributed by atoms with Crippen LogP contribution in [-0.4, -0.2) is 60.8 Å². The van der Waals surface area contributed by atoms with Crippen LogP contribution in [0.5, 0.6) is 0 Å². The van der Waals surface area contributed by atoms with E-state index in [2.05, 4.69) is 5.32 Å². The Kier molecular flexibility index (Phi) is 6.67. The number of aliphatic carboxylic acids is 1. The minimum Gasteiger partial charge on any atom is -0.480 e. The maximum Gasteiger partial charge on any atom is 0.320 e. The van der Waals surface area contributed by atoms with Gasteiger partial charge in [0.15, 0.2) is 0 Å². The standard InChI is InChI=1S/C12H22N2O4/c1-2-18-8-6-13-11(15)9-14-7-4-3-5-10(14)12(16)17/h10H,2-9H2,1H3,(H,13,15)(H,16,17). The molecule has 1 atom stereocenters. The van der Waals surface area contributed by atoms with Crippen LogP contribution in [0.3, 0.4) is 0 Å². The van der Waals surface area contributed by atoms with Gasteiger partial charge in [-0.25, -0.2) is 0 Å². The molecule has 1 aliphatic heterocycles. The Morgan fingerprint density at radius 3 is 2.89 bits per heavy atom. The largest absolute Gasteiger partial charge is 0.480 e. The summed E-state index contributed by atoms with van der Waals surface area (Å²) in [6.07, 6.45) is 2.50. The predicted octanol–water partition coefficient (Wildman–Crippen LogP) is 0.0782. The summed E-state index contributed by atoms with van der Waals surface area (Å²) in [5.74, 6) is -0.973. The van der Waals surface area contributed by atoms with Crippen LogP contribution in [-0.2, 0) is 14.3 Å². The molecule has 0 spiro atoms. The van der Waals surface area contributed by atoms with Gasteiger partial charge in [-0.2, -0.15) is 0 Å². The number of likely N-dealkylation sites (tertiary alicyclic amines) is 1. The van der Waals surface area contributed by atoms with Crippen LogP contribution in [0.1, 0.15) is 26.2 Å². The fourth-order valence-corrected chi connectivity index (χ4v) is 2.11. The molecule has 1 saturated heterocycles. The van der Waals surface area contributed by atoms with Crippen LogP contribution in [0.4, 0.5) is 0 Å². The van der Waals surface area contributed by atoms with Crippen molar-refractivity contribution in [1.82, 2.24) is 10.2 Å². The number of carboxylic acids is 1. The zero-order valence-corrected chi connectivity index (χ0v) is 10.9. The average Bonchev–Trinajstić information content (AvgIpc) is 2.35. The number of nitrogens with zero attached hydrogens (tertiary/aromatic N) is 1. The summed E-state index contributed by atoms with van der Waals surface area (Å²) in [6.45, 7) is 4.32. The lowest BCUT2D eigenvalue weighted by molar-refractivity contribution is -0.145. The van der Waals surface area contributed by atoms with Gasteiger partial charge in [0.2, 0.25) is 5.91 Å². The Bertz CT molecular complexity index is 283. The van der Waals surface area contributed by atoms with Crippen molar-refractivity contribution in [3.8, 4) is 0 Å². The third kappa shape index (κ3) is 5.01. The first kappa shape index (κ1) is 14.9. The normalized spacial score (nSPS) is 20.6. The highest BCUT2D eigenvalue weighted by molar-refractivity contribution is 5.80.